The molecule has 1 aliphatic heterocycles. The molecule has 110 valence electrons. The zero-order valence-electron chi connectivity index (χ0n) is 12.3. The highest BCUT2D eigenvalue weighted by Gasteiger charge is 2.20. The van der Waals surface area contributed by atoms with Gasteiger partial charge in [0.15, 0.2) is 0 Å². The Labute approximate surface area is 120 Å². The zero-order chi connectivity index (χ0) is 14.7. The lowest BCUT2D eigenvalue weighted by molar-refractivity contribution is 0.100. The molecule has 1 aliphatic rings. The summed E-state index contributed by atoms with van der Waals surface area (Å²) in [6.45, 7) is 9.52. The van der Waals surface area contributed by atoms with Crippen molar-refractivity contribution in [3.05, 3.63) is 23.8 Å². The third-order valence-corrected chi connectivity index (χ3v) is 3.68. The molecule has 1 heterocycles. The molecule has 1 aromatic rings. The van der Waals surface area contributed by atoms with Crippen LogP contribution in [0.2, 0.25) is 0 Å². The molecular weight excluding hydrogens is 252 g/mol. The van der Waals surface area contributed by atoms with Crippen molar-refractivity contribution in [3.63, 3.8) is 0 Å². The van der Waals surface area contributed by atoms with E-state index in [1.54, 1.807) is 6.07 Å². The lowest BCUT2D eigenvalue weighted by atomic mass is 10.1. The predicted octanol–water partition coefficient (Wildman–Crippen LogP) is 1.15. The number of para-hydroxylation sites is 1. The Bertz CT molecular complexity index is 479. The third-order valence-electron chi connectivity index (χ3n) is 3.68. The van der Waals surface area contributed by atoms with Gasteiger partial charge in [-0.1, -0.05) is 19.9 Å². The summed E-state index contributed by atoms with van der Waals surface area (Å²) >= 11 is 0. The van der Waals surface area contributed by atoms with Gasteiger partial charge in [0.05, 0.1) is 16.9 Å². The monoisotopic (exact) mass is 276 g/mol. The van der Waals surface area contributed by atoms with E-state index in [4.69, 9.17) is 11.5 Å². The molecule has 5 heteroatoms. The van der Waals surface area contributed by atoms with E-state index < -0.39 is 5.91 Å². The van der Waals surface area contributed by atoms with Gasteiger partial charge in [-0.2, -0.15) is 0 Å². The van der Waals surface area contributed by atoms with Crippen LogP contribution in [0.5, 0.6) is 0 Å². The van der Waals surface area contributed by atoms with E-state index in [1.807, 2.05) is 12.1 Å². The van der Waals surface area contributed by atoms with Crippen LogP contribution in [-0.4, -0.2) is 43.5 Å². The number of piperazine rings is 1. The smallest absolute Gasteiger partial charge is 0.250 e. The SMILES string of the molecule is CC(C)CN1CCN(c2cccc(C(N)=O)c2N)CC1. The molecule has 0 saturated carbocycles. The van der Waals surface area contributed by atoms with E-state index in [0.29, 0.717) is 17.2 Å². The van der Waals surface area contributed by atoms with E-state index in [2.05, 4.69) is 23.6 Å². The Hall–Kier alpha value is -1.75. The van der Waals surface area contributed by atoms with Crippen molar-refractivity contribution in [2.24, 2.45) is 11.7 Å². The Morgan fingerprint density at radius 3 is 2.45 bits per heavy atom. The van der Waals surface area contributed by atoms with Crippen molar-refractivity contribution in [2.45, 2.75) is 13.8 Å². The molecule has 1 amide bonds. The van der Waals surface area contributed by atoms with Gasteiger partial charge in [0, 0.05) is 32.7 Å². The van der Waals surface area contributed by atoms with Crippen molar-refractivity contribution >= 4 is 17.3 Å². The Kier molecular flexibility index (Phi) is 4.49. The van der Waals surface area contributed by atoms with Crippen LogP contribution in [-0.2, 0) is 0 Å². The van der Waals surface area contributed by atoms with Gasteiger partial charge < -0.3 is 16.4 Å². The van der Waals surface area contributed by atoms with E-state index in [9.17, 15) is 4.79 Å². The standard InChI is InChI=1S/C15H24N4O/c1-11(2)10-18-6-8-19(9-7-18)13-5-3-4-12(14(13)16)15(17)20/h3-5,11H,6-10,16H2,1-2H3,(H2,17,20). The quantitative estimate of drug-likeness (QED) is 0.809. The number of amides is 1. The zero-order valence-corrected chi connectivity index (χ0v) is 12.3. The molecule has 1 saturated heterocycles. The van der Waals surface area contributed by atoms with Crippen LogP contribution in [0.15, 0.2) is 18.2 Å². The summed E-state index contributed by atoms with van der Waals surface area (Å²) in [5.41, 5.74) is 13.2. The number of hydrogen-bond donors (Lipinski definition) is 2. The van der Waals surface area contributed by atoms with Gasteiger partial charge >= 0.3 is 0 Å². The predicted molar refractivity (Wildman–Crippen MR) is 82.9 cm³/mol. The third kappa shape index (κ3) is 3.22. The Morgan fingerprint density at radius 2 is 1.90 bits per heavy atom. The number of benzene rings is 1. The maximum atomic E-state index is 11.3. The summed E-state index contributed by atoms with van der Waals surface area (Å²) in [6.07, 6.45) is 0. The van der Waals surface area contributed by atoms with Gasteiger partial charge in [-0.15, -0.1) is 0 Å². The molecule has 4 N–H and O–H groups in total. The second kappa shape index (κ2) is 6.13. The maximum Gasteiger partial charge on any atom is 0.250 e. The van der Waals surface area contributed by atoms with Crippen molar-refractivity contribution in [1.82, 2.24) is 4.90 Å². The minimum atomic E-state index is -0.470. The highest BCUT2D eigenvalue weighted by atomic mass is 16.1. The van der Waals surface area contributed by atoms with Gasteiger partial charge in [-0.05, 0) is 18.1 Å². The lowest BCUT2D eigenvalue weighted by Gasteiger charge is -2.37. The summed E-state index contributed by atoms with van der Waals surface area (Å²) in [5.74, 6) is 0.215. The molecule has 1 aromatic carbocycles. The summed E-state index contributed by atoms with van der Waals surface area (Å²) in [7, 11) is 0. The second-order valence-electron chi connectivity index (χ2n) is 5.78. The average Bonchev–Trinajstić information content (AvgIpc) is 2.39. The number of carbonyl (C=O) groups is 1. The van der Waals surface area contributed by atoms with E-state index in [1.165, 1.54) is 0 Å². The van der Waals surface area contributed by atoms with Crippen LogP contribution < -0.4 is 16.4 Å². The largest absolute Gasteiger partial charge is 0.396 e. The Morgan fingerprint density at radius 1 is 1.25 bits per heavy atom. The van der Waals surface area contributed by atoms with Crippen molar-refractivity contribution in [3.8, 4) is 0 Å². The number of anilines is 2. The topological polar surface area (TPSA) is 75.6 Å². The summed E-state index contributed by atoms with van der Waals surface area (Å²) in [5, 5.41) is 0. The number of primary amides is 1. The molecule has 0 unspecified atom stereocenters. The highest BCUT2D eigenvalue weighted by molar-refractivity contribution is 6.00. The molecule has 5 nitrogen and oxygen atoms in total. The molecular formula is C15H24N4O. The highest BCUT2D eigenvalue weighted by Crippen LogP contribution is 2.27. The van der Waals surface area contributed by atoms with Crippen LogP contribution in [0.3, 0.4) is 0 Å². The van der Waals surface area contributed by atoms with Crippen molar-refractivity contribution in [2.75, 3.05) is 43.4 Å². The van der Waals surface area contributed by atoms with Gasteiger partial charge in [0.2, 0.25) is 0 Å². The molecule has 0 aliphatic carbocycles. The van der Waals surface area contributed by atoms with Crippen LogP contribution in [0.4, 0.5) is 11.4 Å². The van der Waals surface area contributed by atoms with Crippen molar-refractivity contribution < 1.29 is 4.79 Å². The summed E-state index contributed by atoms with van der Waals surface area (Å²) in [4.78, 5) is 16.0. The molecule has 20 heavy (non-hydrogen) atoms. The minimum absolute atomic E-state index is 0.409. The van der Waals surface area contributed by atoms with Gasteiger partial charge in [0.1, 0.15) is 0 Å². The first-order chi connectivity index (χ1) is 9.49. The number of nitrogens with zero attached hydrogens (tertiary/aromatic N) is 2. The van der Waals surface area contributed by atoms with Gasteiger partial charge in [-0.3, -0.25) is 9.69 Å². The van der Waals surface area contributed by atoms with Crippen LogP contribution in [0, 0.1) is 5.92 Å². The number of nitrogen functional groups attached to an aromatic ring is 1. The number of carbonyl (C=O) groups excluding carboxylic acids is 1. The fraction of sp³-hybridized carbons (Fsp3) is 0.533. The minimum Gasteiger partial charge on any atom is -0.396 e. The van der Waals surface area contributed by atoms with E-state index in [-0.39, 0.29) is 0 Å². The van der Waals surface area contributed by atoms with E-state index in [0.717, 1.165) is 38.4 Å². The van der Waals surface area contributed by atoms with Crippen LogP contribution in [0.1, 0.15) is 24.2 Å². The number of nitrogens with two attached hydrogens (primary N) is 2. The lowest BCUT2D eigenvalue weighted by Crippen LogP contribution is -2.47. The molecule has 0 atom stereocenters. The molecule has 0 bridgehead atoms. The number of hydrogen-bond acceptors (Lipinski definition) is 4. The molecule has 0 radical (unpaired) electrons. The average molecular weight is 276 g/mol. The van der Waals surface area contributed by atoms with Gasteiger partial charge in [-0.25, -0.2) is 0 Å². The fourth-order valence-corrected chi connectivity index (χ4v) is 2.73. The normalized spacial score (nSPS) is 16.6. The first-order valence-corrected chi connectivity index (χ1v) is 7.14. The van der Waals surface area contributed by atoms with Crippen molar-refractivity contribution in [1.29, 1.82) is 0 Å². The van der Waals surface area contributed by atoms with Gasteiger partial charge in [0.25, 0.3) is 5.91 Å². The molecule has 0 aromatic heterocycles. The second-order valence-corrected chi connectivity index (χ2v) is 5.78. The molecule has 2 rings (SSSR count). The molecule has 0 spiro atoms. The summed E-state index contributed by atoms with van der Waals surface area (Å²) in [6, 6.07) is 5.47. The number of rotatable bonds is 4. The summed E-state index contributed by atoms with van der Waals surface area (Å²) < 4.78 is 0. The van der Waals surface area contributed by atoms with Crippen LogP contribution >= 0.6 is 0 Å². The molecule has 1 fully saturated rings. The Balaban J connectivity index is 2.07. The first kappa shape index (κ1) is 14.7. The van der Waals surface area contributed by atoms with Crippen LogP contribution in [0.25, 0.3) is 0 Å². The first-order valence-electron chi connectivity index (χ1n) is 7.14. The fourth-order valence-electron chi connectivity index (χ4n) is 2.73. The van der Waals surface area contributed by atoms with E-state index >= 15 is 0 Å². The maximum absolute atomic E-state index is 11.3.